The van der Waals surface area contributed by atoms with E-state index in [1.54, 1.807) is 0 Å². The Morgan fingerprint density at radius 1 is 1.21 bits per heavy atom. The third-order valence-corrected chi connectivity index (χ3v) is 3.39. The number of guanidine groups is 1. The first-order chi connectivity index (χ1) is 9.10. The summed E-state index contributed by atoms with van der Waals surface area (Å²) in [6.07, 6.45) is 7.63. The molecule has 1 atom stereocenters. The van der Waals surface area contributed by atoms with Crippen molar-refractivity contribution in [3.05, 3.63) is 0 Å². The zero-order chi connectivity index (χ0) is 14.7. The monoisotopic (exact) mass is 266 g/mol. The molecule has 0 aromatic heterocycles. The van der Waals surface area contributed by atoms with Crippen molar-refractivity contribution in [3.63, 3.8) is 0 Å². The van der Waals surface area contributed by atoms with Gasteiger partial charge >= 0.3 is 0 Å². The minimum absolute atomic E-state index is 0.469. The zero-order valence-electron chi connectivity index (χ0n) is 13.2. The molecule has 0 spiro atoms. The Balaban J connectivity index is 4.66. The van der Waals surface area contributed by atoms with E-state index in [1.807, 2.05) is 0 Å². The van der Waals surface area contributed by atoms with E-state index in [2.05, 4.69) is 61.3 Å². The van der Waals surface area contributed by atoms with Crippen molar-refractivity contribution in [2.24, 2.45) is 10.9 Å². The van der Waals surface area contributed by atoms with E-state index in [0.29, 0.717) is 18.5 Å². The Hall–Kier alpha value is -1.21. The van der Waals surface area contributed by atoms with Crippen LogP contribution in [0.4, 0.5) is 0 Å². The van der Waals surface area contributed by atoms with E-state index >= 15 is 0 Å². The average Bonchev–Trinajstić information content (AvgIpc) is 2.40. The van der Waals surface area contributed by atoms with E-state index in [4.69, 9.17) is 6.42 Å². The van der Waals surface area contributed by atoms with Gasteiger partial charge in [0.2, 0.25) is 0 Å². The molecule has 4 nitrogen and oxygen atoms in total. The largest absolute Gasteiger partial charge is 0.357 e. The second-order valence-corrected chi connectivity index (χ2v) is 4.88. The maximum absolute atomic E-state index is 5.26. The molecular weight excluding hydrogens is 236 g/mol. The highest BCUT2D eigenvalue weighted by molar-refractivity contribution is 5.79. The maximum Gasteiger partial charge on any atom is 0.192 e. The van der Waals surface area contributed by atoms with Gasteiger partial charge in [0.1, 0.15) is 0 Å². The van der Waals surface area contributed by atoms with Gasteiger partial charge in [0.15, 0.2) is 5.96 Å². The molecular formula is C15H30N4. The first-order valence-electron chi connectivity index (χ1n) is 7.22. The molecule has 0 saturated carbocycles. The molecule has 0 aromatic carbocycles. The van der Waals surface area contributed by atoms with Gasteiger partial charge < -0.3 is 15.5 Å². The van der Waals surface area contributed by atoms with Crippen molar-refractivity contribution < 1.29 is 0 Å². The molecule has 2 N–H and O–H groups in total. The molecule has 0 heterocycles. The lowest BCUT2D eigenvalue weighted by Crippen LogP contribution is -2.41. The zero-order valence-corrected chi connectivity index (χ0v) is 13.2. The van der Waals surface area contributed by atoms with Gasteiger partial charge in [-0.15, -0.1) is 6.42 Å². The minimum atomic E-state index is 0.469. The molecule has 4 heteroatoms. The quantitative estimate of drug-likeness (QED) is 0.398. The van der Waals surface area contributed by atoms with Crippen LogP contribution in [0.5, 0.6) is 0 Å². The minimum Gasteiger partial charge on any atom is -0.357 e. The molecule has 0 aliphatic rings. The first-order valence-corrected chi connectivity index (χ1v) is 7.22. The number of hydrogen-bond donors (Lipinski definition) is 2. The summed E-state index contributed by atoms with van der Waals surface area (Å²) in [5.74, 6) is 4.05. The van der Waals surface area contributed by atoms with Crippen LogP contribution in [0.1, 0.15) is 33.6 Å². The summed E-state index contributed by atoms with van der Waals surface area (Å²) < 4.78 is 0. The maximum atomic E-state index is 5.26. The van der Waals surface area contributed by atoms with Crippen molar-refractivity contribution in [1.29, 1.82) is 0 Å². The standard InChI is InChI=1S/C15H30N4/c1-7-11-17-15(16-10-4)18-12-14(19(5)6)13(8-2)9-3/h1,13-14H,8-12H2,2-6H3,(H2,16,17,18). The van der Waals surface area contributed by atoms with Crippen molar-refractivity contribution in [2.45, 2.75) is 39.7 Å². The van der Waals surface area contributed by atoms with Crippen LogP contribution in [0.3, 0.4) is 0 Å². The number of aliphatic imine (C=N–C) groups is 1. The van der Waals surface area contributed by atoms with E-state index < -0.39 is 0 Å². The predicted octanol–water partition coefficient (Wildman–Crippen LogP) is 1.54. The predicted molar refractivity (Wildman–Crippen MR) is 84.4 cm³/mol. The topological polar surface area (TPSA) is 39.7 Å². The van der Waals surface area contributed by atoms with Gasteiger partial charge in [-0.25, -0.2) is 0 Å². The molecule has 19 heavy (non-hydrogen) atoms. The van der Waals surface area contributed by atoms with Crippen LogP contribution in [-0.4, -0.2) is 50.6 Å². The fourth-order valence-corrected chi connectivity index (χ4v) is 2.23. The summed E-state index contributed by atoms with van der Waals surface area (Å²) in [6, 6.07) is 0.469. The summed E-state index contributed by atoms with van der Waals surface area (Å²) in [7, 11) is 4.25. The van der Waals surface area contributed by atoms with Gasteiger partial charge in [-0.1, -0.05) is 32.6 Å². The van der Waals surface area contributed by atoms with E-state index in [0.717, 1.165) is 19.0 Å². The second kappa shape index (κ2) is 10.7. The SMILES string of the molecule is C#CCNC(=NCC(C(CC)CC)N(C)C)NCC. The highest BCUT2D eigenvalue weighted by atomic mass is 15.2. The number of likely N-dealkylation sites (N-methyl/N-ethyl adjacent to an activating group) is 1. The van der Waals surface area contributed by atoms with Gasteiger partial charge in [0.25, 0.3) is 0 Å². The van der Waals surface area contributed by atoms with Crippen LogP contribution in [0.25, 0.3) is 0 Å². The summed E-state index contributed by atoms with van der Waals surface area (Å²) >= 11 is 0. The van der Waals surface area contributed by atoms with Gasteiger partial charge in [-0.2, -0.15) is 0 Å². The highest BCUT2D eigenvalue weighted by Crippen LogP contribution is 2.17. The van der Waals surface area contributed by atoms with Crippen LogP contribution in [0.15, 0.2) is 4.99 Å². The van der Waals surface area contributed by atoms with Crippen molar-refractivity contribution in [1.82, 2.24) is 15.5 Å². The van der Waals surface area contributed by atoms with Crippen molar-refractivity contribution in [2.75, 3.05) is 33.7 Å². The average molecular weight is 266 g/mol. The third kappa shape index (κ3) is 7.07. The molecule has 0 rings (SSSR count). The molecule has 0 bridgehead atoms. The molecule has 0 aliphatic carbocycles. The van der Waals surface area contributed by atoms with E-state index in [9.17, 15) is 0 Å². The normalized spacial score (nSPS) is 13.5. The van der Waals surface area contributed by atoms with Crippen molar-refractivity contribution in [3.8, 4) is 12.3 Å². The fourth-order valence-electron chi connectivity index (χ4n) is 2.23. The Kier molecular flexibility index (Phi) is 10.0. The fraction of sp³-hybridized carbons (Fsp3) is 0.800. The molecule has 0 aliphatic heterocycles. The van der Waals surface area contributed by atoms with Crippen LogP contribution in [0.2, 0.25) is 0 Å². The second-order valence-electron chi connectivity index (χ2n) is 4.88. The lowest BCUT2D eigenvalue weighted by atomic mass is 9.93. The number of hydrogen-bond acceptors (Lipinski definition) is 2. The van der Waals surface area contributed by atoms with Gasteiger partial charge in [0.05, 0.1) is 13.1 Å². The Bertz CT molecular complexity index is 287. The number of rotatable bonds is 8. The number of nitrogens with zero attached hydrogens (tertiary/aromatic N) is 2. The van der Waals surface area contributed by atoms with E-state index in [-0.39, 0.29) is 0 Å². The highest BCUT2D eigenvalue weighted by Gasteiger charge is 2.20. The number of terminal acetylenes is 1. The molecule has 0 fully saturated rings. The third-order valence-electron chi connectivity index (χ3n) is 3.39. The van der Waals surface area contributed by atoms with Crippen LogP contribution >= 0.6 is 0 Å². The van der Waals surface area contributed by atoms with Gasteiger partial charge in [-0.05, 0) is 26.9 Å². The summed E-state index contributed by atoms with van der Waals surface area (Å²) in [6.45, 7) is 8.68. The first kappa shape index (κ1) is 17.8. The lowest BCUT2D eigenvalue weighted by molar-refractivity contribution is 0.206. The lowest BCUT2D eigenvalue weighted by Gasteiger charge is -2.30. The molecule has 1 unspecified atom stereocenters. The molecule has 0 radical (unpaired) electrons. The summed E-state index contributed by atoms with van der Waals surface area (Å²) in [5.41, 5.74) is 0. The van der Waals surface area contributed by atoms with Crippen LogP contribution in [-0.2, 0) is 0 Å². The molecule has 110 valence electrons. The molecule has 0 aromatic rings. The summed E-state index contributed by atoms with van der Waals surface area (Å²) in [5, 5.41) is 6.34. The Morgan fingerprint density at radius 3 is 2.26 bits per heavy atom. The Labute approximate surface area is 119 Å². The van der Waals surface area contributed by atoms with Crippen LogP contribution < -0.4 is 10.6 Å². The van der Waals surface area contributed by atoms with Crippen molar-refractivity contribution >= 4 is 5.96 Å². The van der Waals surface area contributed by atoms with Crippen LogP contribution in [0, 0.1) is 18.3 Å². The number of nitrogens with one attached hydrogen (secondary N) is 2. The Morgan fingerprint density at radius 2 is 1.84 bits per heavy atom. The molecule has 0 saturated heterocycles. The molecule has 0 amide bonds. The summed E-state index contributed by atoms with van der Waals surface area (Å²) in [4.78, 5) is 6.92. The van der Waals surface area contributed by atoms with E-state index in [1.165, 1.54) is 12.8 Å². The smallest absolute Gasteiger partial charge is 0.192 e. The van der Waals surface area contributed by atoms with Gasteiger partial charge in [0, 0.05) is 12.6 Å². The van der Waals surface area contributed by atoms with Gasteiger partial charge in [-0.3, -0.25) is 4.99 Å².